The van der Waals surface area contributed by atoms with Crippen molar-refractivity contribution in [1.82, 2.24) is 14.8 Å². The van der Waals surface area contributed by atoms with Crippen molar-refractivity contribution in [2.45, 2.75) is 33.4 Å². The van der Waals surface area contributed by atoms with Gasteiger partial charge >= 0.3 is 0 Å². The highest BCUT2D eigenvalue weighted by Gasteiger charge is 2.19. The molecule has 6 heteroatoms. The molecule has 1 aromatic heterocycles. The summed E-state index contributed by atoms with van der Waals surface area (Å²) in [6.45, 7) is 4.48. The first-order chi connectivity index (χ1) is 6.56. The van der Waals surface area contributed by atoms with Crippen molar-refractivity contribution in [1.29, 1.82) is 0 Å². The average Bonchev–Trinajstić information content (AvgIpc) is 2.46. The molecule has 1 rings (SSSR count). The van der Waals surface area contributed by atoms with Crippen LogP contribution in [-0.4, -0.2) is 14.8 Å². The second-order valence-corrected chi connectivity index (χ2v) is 3.48. The summed E-state index contributed by atoms with van der Waals surface area (Å²) in [7, 11) is 0. The van der Waals surface area contributed by atoms with E-state index in [1.54, 1.807) is 0 Å². The zero-order valence-electron chi connectivity index (χ0n) is 8.24. The summed E-state index contributed by atoms with van der Waals surface area (Å²) in [5, 5.41) is 7.04. The summed E-state index contributed by atoms with van der Waals surface area (Å²) in [5.74, 6) is 0.377. The lowest BCUT2D eigenvalue weighted by Gasteiger charge is -2.11. The zero-order valence-corrected chi connectivity index (χ0v) is 8.24. The molecule has 14 heavy (non-hydrogen) atoms. The van der Waals surface area contributed by atoms with Gasteiger partial charge in [-0.1, -0.05) is 13.8 Å². The minimum absolute atomic E-state index is 0.131. The second kappa shape index (κ2) is 4.45. The van der Waals surface area contributed by atoms with Gasteiger partial charge in [0.2, 0.25) is 0 Å². The maximum absolute atomic E-state index is 12.5. The van der Waals surface area contributed by atoms with Crippen molar-refractivity contribution in [3.8, 4) is 0 Å². The first kappa shape index (κ1) is 11.0. The van der Waals surface area contributed by atoms with Crippen LogP contribution < -0.4 is 5.73 Å². The lowest BCUT2D eigenvalue weighted by atomic mass is 10.2. The number of aromatic nitrogens is 3. The minimum atomic E-state index is -2.60. The Hall–Kier alpha value is -1.04. The SMILES string of the molecule is CC(C)Cn1c(CN)nnc1C(F)F. The van der Waals surface area contributed by atoms with Crippen molar-refractivity contribution in [3.63, 3.8) is 0 Å². The van der Waals surface area contributed by atoms with E-state index in [0.29, 0.717) is 12.4 Å². The Morgan fingerprint density at radius 3 is 2.43 bits per heavy atom. The highest BCUT2D eigenvalue weighted by atomic mass is 19.3. The highest BCUT2D eigenvalue weighted by molar-refractivity contribution is 4.97. The molecule has 0 atom stereocenters. The van der Waals surface area contributed by atoms with E-state index in [4.69, 9.17) is 5.73 Å². The first-order valence-corrected chi connectivity index (χ1v) is 4.46. The average molecular weight is 204 g/mol. The molecule has 1 aromatic rings. The normalized spacial score (nSPS) is 11.6. The van der Waals surface area contributed by atoms with Crippen molar-refractivity contribution < 1.29 is 8.78 Å². The molecular weight excluding hydrogens is 190 g/mol. The third-order valence-corrected chi connectivity index (χ3v) is 1.78. The van der Waals surface area contributed by atoms with E-state index in [-0.39, 0.29) is 18.3 Å². The summed E-state index contributed by atoms with van der Waals surface area (Å²) in [5.41, 5.74) is 5.37. The van der Waals surface area contributed by atoms with E-state index in [9.17, 15) is 8.78 Å². The number of nitrogens with two attached hydrogens (primary N) is 1. The van der Waals surface area contributed by atoms with Crippen molar-refractivity contribution in [3.05, 3.63) is 11.6 Å². The molecule has 1 heterocycles. The van der Waals surface area contributed by atoms with Crippen LogP contribution in [-0.2, 0) is 13.1 Å². The number of hydrogen-bond acceptors (Lipinski definition) is 3. The fourth-order valence-electron chi connectivity index (χ4n) is 1.23. The molecule has 0 aromatic carbocycles. The van der Waals surface area contributed by atoms with Gasteiger partial charge in [0, 0.05) is 6.54 Å². The van der Waals surface area contributed by atoms with E-state index in [0.717, 1.165) is 0 Å². The first-order valence-electron chi connectivity index (χ1n) is 4.46. The van der Waals surface area contributed by atoms with Gasteiger partial charge in [-0.25, -0.2) is 8.78 Å². The largest absolute Gasteiger partial charge is 0.324 e. The number of alkyl halides is 2. The molecule has 0 bridgehead atoms. The van der Waals surface area contributed by atoms with Crippen LogP contribution in [0.3, 0.4) is 0 Å². The van der Waals surface area contributed by atoms with Crippen LogP contribution in [0.5, 0.6) is 0 Å². The van der Waals surface area contributed by atoms with Gasteiger partial charge in [-0.05, 0) is 5.92 Å². The number of rotatable bonds is 4. The molecule has 0 saturated carbocycles. The Bertz CT molecular complexity index is 296. The summed E-state index contributed by atoms with van der Waals surface area (Å²) in [6, 6.07) is 0. The number of hydrogen-bond donors (Lipinski definition) is 1. The second-order valence-electron chi connectivity index (χ2n) is 3.48. The van der Waals surface area contributed by atoms with Gasteiger partial charge in [-0.2, -0.15) is 0 Å². The lowest BCUT2D eigenvalue weighted by molar-refractivity contribution is 0.133. The molecule has 0 radical (unpaired) electrons. The summed E-state index contributed by atoms with van der Waals surface area (Å²) in [4.78, 5) is 0. The van der Waals surface area contributed by atoms with Crippen molar-refractivity contribution >= 4 is 0 Å². The van der Waals surface area contributed by atoms with E-state index in [2.05, 4.69) is 10.2 Å². The predicted molar refractivity (Wildman–Crippen MR) is 47.7 cm³/mol. The third-order valence-electron chi connectivity index (χ3n) is 1.78. The Morgan fingerprint density at radius 2 is 2.00 bits per heavy atom. The van der Waals surface area contributed by atoms with Crippen LogP contribution in [0, 0.1) is 5.92 Å². The van der Waals surface area contributed by atoms with Gasteiger partial charge in [0.25, 0.3) is 6.43 Å². The van der Waals surface area contributed by atoms with E-state index in [1.165, 1.54) is 4.57 Å². The molecule has 4 nitrogen and oxygen atoms in total. The Kier molecular flexibility index (Phi) is 3.51. The number of halogens is 2. The van der Waals surface area contributed by atoms with Crippen LogP contribution >= 0.6 is 0 Å². The Morgan fingerprint density at radius 1 is 1.36 bits per heavy atom. The van der Waals surface area contributed by atoms with Gasteiger partial charge in [0.15, 0.2) is 5.82 Å². The summed E-state index contributed by atoms with van der Waals surface area (Å²) in [6.07, 6.45) is -2.60. The number of nitrogens with zero attached hydrogens (tertiary/aromatic N) is 3. The van der Waals surface area contributed by atoms with Gasteiger partial charge in [0.05, 0.1) is 6.54 Å². The molecule has 0 saturated heterocycles. The topological polar surface area (TPSA) is 56.7 Å². The Balaban J connectivity index is 3.00. The van der Waals surface area contributed by atoms with Crippen LogP contribution in [0.1, 0.15) is 31.9 Å². The fourth-order valence-corrected chi connectivity index (χ4v) is 1.23. The van der Waals surface area contributed by atoms with Gasteiger partial charge in [0.1, 0.15) is 5.82 Å². The standard InChI is InChI=1S/C8H14F2N4/c1-5(2)4-14-6(3-11)12-13-8(14)7(9)10/h5,7H,3-4,11H2,1-2H3. The smallest absolute Gasteiger partial charge is 0.297 e. The van der Waals surface area contributed by atoms with Gasteiger partial charge in [-0.15, -0.1) is 10.2 Å². The molecule has 0 spiro atoms. The predicted octanol–water partition coefficient (Wildman–Crippen LogP) is 1.33. The molecule has 0 unspecified atom stereocenters. The fraction of sp³-hybridized carbons (Fsp3) is 0.750. The Labute approximate surface area is 81.1 Å². The van der Waals surface area contributed by atoms with E-state index < -0.39 is 6.43 Å². The van der Waals surface area contributed by atoms with Crippen molar-refractivity contribution in [2.75, 3.05) is 0 Å². The maximum atomic E-state index is 12.5. The molecule has 0 aliphatic carbocycles. The zero-order chi connectivity index (χ0) is 10.7. The summed E-state index contributed by atoms with van der Waals surface area (Å²) < 4.78 is 26.3. The van der Waals surface area contributed by atoms with E-state index in [1.807, 2.05) is 13.8 Å². The third kappa shape index (κ3) is 2.25. The monoisotopic (exact) mass is 204 g/mol. The molecule has 0 amide bonds. The van der Waals surface area contributed by atoms with Crippen LogP contribution in [0.15, 0.2) is 0 Å². The van der Waals surface area contributed by atoms with Crippen LogP contribution in [0.4, 0.5) is 8.78 Å². The van der Waals surface area contributed by atoms with Gasteiger partial charge in [-0.3, -0.25) is 0 Å². The summed E-state index contributed by atoms with van der Waals surface area (Å²) >= 11 is 0. The molecule has 0 aliphatic heterocycles. The molecule has 0 aliphatic rings. The maximum Gasteiger partial charge on any atom is 0.297 e. The highest BCUT2D eigenvalue weighted by Crippen LogP contribution is 2.18. The van der Waals surface area contributed by atoms with Gasteiger partial charge < -0.3 is 10.3 Å². The quantitative estimate of drug-likeness (QED) is 0.804. The van der Waals surface area contributed by atoms with Crippen LogP contribution in [0.25, 0.3) is 0 Å². The molecule has 2 N–H and O–H groups in total. The minimum Gasteiger partial charge on any atom is -0.324 e. The molecular formula is C8H14F2N4. The lowest BCUT2D eigenvalue weighted by Crippen LogP contribution is -2.14. The van der Waals surface area contributed by atoms with Crippen molar-refractivity contribution in [2.24, 2.45) is 11.7 Å². The van der Waals surface area contributed by atoms with Crippen LogP contribution in [0.2, 0.25) is 0 Å². The molecule has 80 valence electrons. The van der Waals surface area contributed by atoms with E-state index >= 15 is 0 Å². The molecule has 0 fully saturated rings.